The van der Waals surface area contributed by atoms with Crippen molar-refractivity contribution >= 4 is 23.6 Å². The van der Waals surface area contributed by atoms with Crippen molar-refractivity contribution in [2.75, 3.05) is 26.7 Å². The van der Waals surface area contributed by atoms with Gasteiger partial charge in [-0.25, -0.2) is 9.18 Å². The Hall–Kier alpha value is -2.77. The number of likely N-dealkylation sites (tertiary alicyclic amines) is 1. The lowest BCUT2D eigenvalue weighted by Crippen LogP contribution is -2.56. The Labute approximate surface area is 230 Å². The average molecular weight is 551 g/mol. The minimum atomic E-state index is -0.874. The summed E-state index contributed by atoms with van der Waals surface area (Å²) in [7, 11) is 1.70. The monoisotopic (exact) mass is 550 g/mol. The van der Waals surface area contributed by atoms with Crippen LogP contribution in [0.3, 0.4) is 0 Å². The number of allylic oxidation sites excluding steroid dienone is 3. The van der Waals surface area contributed by atoms with Crippen LogP contribution in [0.2, 0.25) is 0 Å². The van der Waals surface area contributed by atoms with E-state index in [4.69, 9.17) is 22.1 Å². The molecule has 9 nitrogen and oxygen atoms in total. The van der Waals surface area contributed by atoms with Crippen LogP contribution in [0.25, 0.3) is 0 Å². The molecule has 2 amide bonds. The number of hydrogen-bond donors (Lipinski definition) is 2. The quantitative estimate of drug-likeness (QED) is 0.487. The molecular weight excluding hydrogens is 511 g/mol. The zero-order chi connectivity index (χ0) is 28.4. The third-order valence-corrected chi connectivity index (χ3v) is 7.52. The van der Waals surface area contributed by atoms with Gasteiger partial charge in [0, 0.05) is 38.8 Å². The van der Waals surface area contributed by atoms with Crippen LogP contribution in [0.5, 0.6) is 0 Å². The molecule has 2 heterocycles. The van der Waals surface area contributed by atoms with E-state index in [1.165, 1.54) is 12.2 Å². The Morgan fingerprint density at radius 2 is 2.08 bits per heavy atom. The fraction of sp³-hybridized carbons (Fsp3) is 0.667. The Morgan fingerprint density at radius 1 is 1.39 bits per heavy atom. The summed E-state index contributed by atoms with van der Waals surface area (Å²) in [6.07, 6.45) is 4.13. The summed E-state index contributed by atoms with van der Waals surface area (Å²) in [5.41, 5.74) is 6.86. The van der Waals surface area contributed by atoms with E-state index in [1.807, 2.05) is 18.7 Å². The largest absolute Gasteiger partial charge is 0.444 e. The lowest BCUT2D eigenvalue weighted by molar-refractivity contribution is -0.136. The number of carbonyl (C=O) groups is 2. The zero-order valence-electron chi connectivity index (χ0n) is 23.1. The van der Waals surface area contributed by atoms with E-state index >= 15 is 0 Å². The summed E-state index contributed by atoms with van der Waals surface area (Å²) in [4.78, 5) is 31.5. The molecule has 38 heavy (non-hydrogen) atoms. The number of alkyl halides is 1. The van der Waals surface area contributed by atoms with Crippen molar-refractivity contribution in [1.29, 1.82) is 5.26 Å². The Morgan fingerprint density at radius 3 is 2.68 bits per heavy atom. The number of halogens is 2. The van der Waals surface area contributed by atoms with Crippen molar-refractivity contribution in [2.45, 2.75) is 89.0 Å². The molecule has 0 radical (unpaired) electrons. The maximum atomic E-state index is 14.2. The first-order valence-electron chi connectivity index (χ1n) is 13.1. The molecule has 0 aromatic heterocycles. The maximum absolute atomic E-state index is 14.2. The van der Waals surface area contributed by atoms with E-state index in [9.17, 15) is 19.2 Å². The number of alkyl carbamates (subject to hydrolysis) is 1. The summed E-state index contributed by atoms with van der Waals surface area (Å²) in [5, 5.41) is 12.7. The van der Waals surface area contributed by atoms with Crippen molar-refractivity contribution < 1.29 is 18.7 Å². The van der Waals surface area contributed by atoms with Crippen molar-refractivity contribution in [3.63, 3.8) is 0 Å². The van der Waals surface area contributed by atoms with Gasteiger partial charge >= 0.3 is 6.09 Å². The van der Waals surface area contributed by atoms with E-state index in [-0.39, 0.29) is 35.9 Å². The van der Waals surface area contributed by atoms with Gasteiger partial charge in [0.1, 0.15) is 29.4 Å². The SMILES string of the molecule is CC(C)N(C)C(=O)C1C(N)C(C#N)=C(N2CCC[C@@H](NC(=O)OC(C)(C)C)C2)N1CC1=CC(F)=CCC1Cl. The molecule has 0 aromatic rings. The molecule has 0 spiro atoms. The van der Waals surface area contributed by atoms with E-state index in [0.29, 0.717) is 30.9 Å². The third-order valence-electron chi connectivity index (χ3n) is 7.06. The van der Waals surface area contributed by atoms with E-state index in [2.05, 4.69) is 11.4 Å². The zero-order valence-corrected chi connectivity index (χ0v) is 23.9. The van der Waals surface area contributed by atoms with Gasteiger partial charge in [0.15, 0.2) is 0 Å². The van der Waals surface area contributed by atoms with Gasteiger partial charge in [0.05, 0.1) is 17.0 Å². The Kier molecular flexibility index (Phi) is 9.37. The molecule has 3 aliphatic rings. The number of hydrogen-bond acceptors (Lipinski definition) is 7. The number of nitrogens with one attached hydrogen (secondary N) is 1. The van der Waals surface area contributed by atoms with Gasteiger partial charge in [0.2, 0.25) is 5.91 Å². The minimum absolute atomic E-state index is 0.0846. The van der Waals surface area contributed by atoms with E-state index in [0.717, 1.165) is 12.8 Å². The molecule has 210 valence electrons. The summed E-state index contributed by atoms with van der Waals surface area (Å²) >= 11 is 6.55. The van der Waals surface area contributed by atoms with Crippen molar-refractivity contribution in [2.24, 2.45) is 5.73 Å². The van der Waals surface area contributed by atoms with Gasteiger partial charge in [-0.2, -0.15) is 5.26 Å². The standard InChI is InChI=1S/C27H40ClFN6O3/c1-16(2)33(6)25(36)23-22(31)20(13-30)24(35(23)14-17-12-18(29)9-10-21(17)28)34-11-7-8-19(15-34)32-26(37)38-27(3,4)5/h9,12,16,19,21-23H,7-8,10-11,14-15,31H2,1-6H3,(H,32,37)/t19-,21?,22?,23?/m1/s1. The molecule has 4 atom stereocenters. The molecule has 0 bridgehead atoms. The summed E-state index contributed by atoms with van der Waals surface area (Å²) in [6.45, 7) is 10.4. The van der Waals surface area contributed by atoms with Crippen molar-refractivity contribution in [3.05, 3.63) is 34.9 Å². The van der Waals surface area contributed by atoms with Gasteiger partial charge in [0.25, 0.3) is 0 Å². The second-order valence-electron chi connectivity index (χ2n) is 11.4. The van der Waals surface area contributed by atoms with E-state index in [1.54, 1.807) is 37.6 Å². The first-order valence-corrected chi connectivity index (χ1v) is 13.5. The van der Waals surface area contributed by atoms with Gasteiger partial charge < -0.3 is 30.5 Å². The lowest BCUT2D eigenvalue weighted by atomic mass is 10.0. The smallest absolute Gasteiger partial charge is 0.407 e. The predicted molar refractivity (Wildman–Crippen MR) is 145 cm³/mol. The number of likely N-dealkylation sites (N-methyl/N-ethyl adjacent to an activating group) is 1. The highest BCUT2D eigenvalue weighted by Crippen LogP contribution is 2.36. The van der Waals surface area contributed by atoms with Crippen LogP contribution in [0.4, 0.5) is 9.18 Å². The number of rotatable bonds is 6. The van der Waals surface area contributed by atoms with Crippen LogP contribution in [0.1, 0.15) is 53.9 Å². The second-order valence-corrected chi connectivity index (χ2v) is 12.0. The van der Waals surface area contributed by atoms with Crippen molar-refractivity contribution in [1.82, 2.24) is 20.0 Å². The molecule has 1 saturated heterocycles. The number of nitrogens with zero attached hydrogens (tertiary/aromatic N) is 4. The molecule has 11 heteroatoms. The normalized spacial score (nSPS) is 26.1. The third kappa shape index (κ3) is 6.80. The first-order chi connectivity index (χ1) is 17.7. The summed E-state index contributed by atoms with van der Waals surface area (Å²) < 4.78 is 19.6. The molecular formula is C27H40ClFN6O3. The topological polar surface area (TPSA) is 115 Å². The van der Waals surface area contributed by atoms with Gasteiger partial charge in [-0.1, -0.05) is 0 Å². The number of nitrogens with two attached hydrogens (primary N) is 1. The van der Waals surface area contributed by atoms with Gasteiger partial charge in [-0.15, -0.1) is 11.6 Å². The number of carbonyl (C=O) groups excluding carboxylic acids is 2. The number of ether oxygens (including phenoxy) is 1. The summed E-state index contributed by atoms with van der Waals surface area (Å²) in [5.74, 6) is -0.0756. The van der Waals surface area contributed by atoms with E-state index < -0.39 is 29.2 Å². The molecule has 1 fully saturated rings. The van der Waals surface area contributed by atoms with Gasteiger partial charge in [-0.3, -0.25) is 4.79 Å². The molecule has 3 rings (SSSR count). The van der Waals surface area contributed by atoms with Crippen molar-refractivity contribution in [3.8, 4) is 6.07 Å². The van der Waals surface area contributed by atoms with Gasteiger partial charge in [-0.05, 0) is 71.6 Å². The molecule has 2 aliphatic heterocycles. The van der Waals surface area contributed by atoms with Crippen LogP contribution < -0.4 is 11.1 Å². The van der Waals surface area contributed by atoms with Crippen LogP contribution >= 0.6 is 11.6 Å². The minimum Gasteiger partial charge on any atom is -0.444 e. The molecule has 0 aromatic carbocycles. The fourth-order valence-corrected chi connectivity index (χ4v) is 5.20. The van der Waals surface area contributed by atoms with Crippen LogP contribution in [-0.2, 0) is 9.53 Å². The molecule has 3 unspecified atom stereocenters. The highest BCUT2D eigenvalue weighted by molar-refractivity contribution is 6.22. The second kappa shape index (κ2) is 12.0. The highest BCUT2D eigenvalue weighted by Gasteiger charge is 2.47. The maximum Gasteiger partial charge on any atom is 0.407 e. The van der Waals surface area contributed by atoms with Crippen LogP contribution in [0.15, 0.2) is 34.9 Å². The first kappa shape index (κ1) is 29.8. The van der Waals surface area contributed by atoms with Crippen LogP contribution in [0, 0.1) is 11.3 Å². The highest BCUT2D eigenvalue weighted by atomic mass is 35.5. The predicted octanol–water partition coefficient (Wildman–Crippen LogP) is 3.38. The average Bonchev–Trinajstić information content (AvgIpc) is 3.10. The number of nitriles is 1. The Bertz CT molecular complexity index is 1060. The Balaban J connectivity index is 1.96. The summed E-state index contributed by atoms with van der Waals surface area (Å²) in [6, 6.07) is 0.194. The van der Waals surface area contributed by atoms with Crippen LogP contribution in [-0.4, -0.2) is 88.5 Å². The lowest BCUT2D eigenvalue weighted by Gasteiger charge is -2.42. The fourth-order valence-electron chi connectivity index (χ4n) is 4.98. The molecule has 1 aliphatic carbocycles. The number of piperidine rings is 1. The molecule has 3 N–H and O–H groups in total. The number of amides is 2. The molecule has 0 saturated carbocycles.